The van der Waals surface area contributed by atoms with Gasteiger partial charge in [0.2, 0.25) is 17.7 Å². The summed E-state index contributed by atoms with van der Waals surface area (Å²) >= 11 is 0. The molecular weight excluding hydrogens is 669 g/mol. The molecule has 0 saturated carbocycles. The highest BCUT2D eigenvalue weighted by atomic mass is 19.4. The molecule has 1 unspecified atom stereocenters. The molecule has 0 saturated heterocycles. The third-order valence-electron chi connectivity index (χ3n) is 8.37. The fourth-order valence-corrected chi connectivity index (χ4v) is 5.66. The number of alkyl halides is 3. The van der Waals surface area contributed by atoms with Gasteiger partial charge in [0, 0.05) is 25.1 Å². The average molecular weight is 711 g/mol. The van der Waals surface area contributed by atoms with Gasteiger partial charge < -0.3 is 38.3 Å². The predicted octanol–water partition coefficient (Wildman–Crippen LogP) is 2.08. The average Bonchev–Trinajstić information content (AvgIpc) is 3.08. The Kier molecular flexibility index (Phi) is 13.3. The van der Waals surface area contributed by atoms with Gasteiger partial charge in [-0.2, -0.15) is 13.2 Å². The van der Waals surface area contributed by atoms with E-state index in [9.17, 15) is 27.6 Å². The van der Waals surface area contributed by atoms with Crippen LogP contribution in [0, 0.1) is 5.41 Å². The number of aliphatic carboxylic acids is 1. The van der Waals surface area contributed by atoms with Crippen LogP contribution >= 0.6 is 0 Å². The number of guanidine groups is 1. The van der Waals surface area contributed by atoms with Crippen molar-refractivity contribution in [2.45, 2.75) is 62.8 Å². The molecule has 3 amide bonds. The fraction of sp³-hybridized carbons (Fsp3) is 0.314. The van der Waals surface area contributed by atoms with Gasteiger partial charge in [-0.15, -0.1) is 0 Å². The largest absolute Gasteiger partial charge is 0.490 e. The van der Waals surface area contributed by atoms with Crippen molar-refractivity contribution in [3.05, 3.63) is 107 Å². The zero-order chi connectivity index (χ0) is 37.9. The Bertz CT molecular complexity index is 1750. The van der Waals surface area contributed by atoms with Crippen LogP contribution in [-0.2, 0) is 44.0 Å². The predicted molar refractivity (Wildman–Crippen MR) is 184 cm³/mol. The molecule has 3 atom stereocenters. The van der Waals surface area contributed by atoms with E-state index in [1.54, 1.807) is 17.0 Å². The van der Waals surface area contributed by atoms with E-state index in [-0.39, 0.29) is 43.6 Å². The second-order valence-corrected chi connectivity index (χ2v) is 12.1. The number of amidine groups is 1. The van der Waals surface area contributed by atoms with E-state index < -0.39 is 41.5 Å². The molecule has 272 valence electrons. The van der Waals surface area contributed by atoms with Gasteiger partial charge >= 0.3 is 12.1 Å². The number of primary amides is 1. The zero-order valence-electron chi connectivity index (χ0n) is 27.8. The summed E-state index contributed by atoms with van der Waals surface area (Å²) in [6.45, 7) is 2.39. The highest BCUT2D eigenvalue weighted by Crippen LogP contribution is 2.35. The molecule has 1 aliphatic heterocycles. The summed E-state index contributed by atoms with van der Waals surface area (Å²) in [6.07, 6.45) is -3.79. The lowest BCUT2D eigenvalue weighted by atomic mass is 9.75. The van der Waals surface area contributed by atoms with E-state index >= 15 is 0 Å². The number of nitrogens with one attached hydrogen (secondary N) is 2. The number of carbonyl (C=O) groups is 4. The van der Waals surface area contributed by atoms with Gasteiger partial charge in [-0.05, 0) is 48.4 Å². The van der Waals surface area contributed by atoms with E-state index in [0.717, 1.165) is 22.3 Å². The molecule has 0 radical (unpaired) electrons. The molecular formula is C35H41F3N8O5. The molecule has 16 heteroatoms. The van der Waals surface area contributed by atoms with Gasteiger partial charge in [0.25, 0.3) is 0 Å². The van der Waals surface area contributed by atoms with Gasteiger partial charge in [0.15, 0.2) is 5.96 Å². The highest BCUT2D eigenvalue weighted by molar-refractivity contribution is 5.96. The quantitative estimate of drug-likeness (QED) is 0.0832. The second kappa shape index (κ2) is 17.1. The monoisotopic (exact) mass is 710 g/mol. The van der Waals surface area contributed by atoms with Crippen LogP contribution < -0.4 is 28.3 Å². The number of aliphatic imine (C=N–C) groups is 1. The first-order valence-corrected chi connectivity index (χ1v) is 15.8. The van der Waals surface area contributed by atoms with Crippen molar-refractivity contribution in [3.8, 4) is 0 Å². The molecule has 13 nitrogen and oxygen atoms in total. The number of carboxylic acids is 1. The Morgan fingerprint density at radius 2 is 1.51 bits per heavy atom. The standard InChI is InChI=1S/C33H40N8O3.C2HF3O2/c1-33(25-10-3-2-4-11-25,19-21-13-15-22(16-14-21)28(34)35)31(44)41-20-24-9-6-5-8-23(24)18-27(41)30(43)40-26(29(36)42)12-7-17-39-32(37)38;3-2(4,5)1(6)7/h2-6,8-11,13-16,26-27H,7,12,17-20H2,1H3,(H3,34,35)(H2,36,42)(H,40,43)(H4,37,38,39);(H,6,7)/t26-,27-,33?;/m0./s1. The molecule has 11 N–H and O–H groups in total. The molecule has 3 aromatic rings. The number of hydrogen-bond acceptors (Lipinski definition) is 6. The molecule has 0 aliphatic carbocycles. The Morgan fingerprint density at radius 1 is 0.941 bits per heavy atom. The van der Waals surface area contributed by atoms with Crippen molar-refractivity contribution >= 4 is 35.5 Å². The highest BCUT2D eigenvalue weighted by Gasteiger charge is 2.44. The van der Waals surface area contributed by atoms with E-state index in [2.05, 4.69) is 10.3 Å². The van der Waals surface area contributed by atoms with Crippen LogP contribution in [0.25, 0.3) is 0 Å². The first-order valence-electron chi connectivity index (χ1n) is 15.8. The normalized spacial score (nSPS) is 15.5. The van der Waals surface area contributed by atoms with Crippen LogP contribution in [0.4, 0.5) is 13.2 Å². The minimum Gasteiger partial charge on any atom is -0.475 e. The summed E-state index contributed by atoms with van der Waals surface area (Å²) in [5, 5.41) is 17.6. The van der Waals surface area contributed by atoms with Crippen molar-refractivity contribution < 1.29 is 37.5 Å². The van der Waals surface area contributed by atoms with Crippen molar-refractivity contribution in [2.24, 2.45) is 27.9 Å². The number of carboxylic acid groups (broad SMARTS) is 1. The SMILES string of the molecule is CC(Cc1ccc(C(=N)N)cc1)(C(=O)N1Cc2ccccc2C[C@H]1C(=O)N[C@@H](CCCN=C(N)N)C(N)=O)c1ccccc1.O=C(O)C(F)(F)F. The van der Waals surface area contributed by atoms with Crippen LogP contribution in [0.2, 0.25) is 0 Å². The van der Waals surface area contributed by atoms with Crippen molar-refractivity contribution in [3.63, 3.8) is 0 Å². The van der Waals surface area contributed by atoms with Crippen LogP contribution in [0.3, 0.4) is 0 Å². The summed E-state index contributed by atoms with van der Waals surface area (Å²) < 4.78 is 31.7. The maximum absolute atomic E-state index is 14.8. The topological polar surface area (TPSA) is 244 Å². The number of amides is 3. The maximum atomic E-state index is 14.8. The van der Waals surface area contributed by atoms with Crippen LogP contribution in [0.5, 0.6) is 0 Å². The lowest BCUT2D eigenvalue weighted by Gasteiger charge is -2.42. The molecule has 0 aromatic heterocycles. The summed E-state index contributed by atoms with van der Waals surface area (Å²) in [7, 11) is 0. The minimum absolute atomic E-state index is 0.0372. The zero-order valence-corrected chi connectivity index (χ0v) is 27.8. The molecule has 0 spiro atoms. The fourth-order valence-electron chi connectivity index (χ4n) is 5.66. The maximum Gasteiger partial charge on any atom is 0.490 e. The van der Waals surface area contributed by atoms with E-state index in [0.29, 0.717) is 18.4 Å². The molecule has 0 fully saturated rings. The van der Waals surface area contributed by atoms with E-state index in [1.165, 1.54) is 0 Å². The number of hydrogen-bond donors (Lipinski definition) is 7. The molecule has 3 aromatic carbocycles. The summed E-state index contributed by atoms with van der Waals surface area (Å²) in [5.41, 5.74) is 25.2. The van der Waals surface area contributed by atoms with Crippen molar-refractivity contribution in [2.75, 3.05) is 6.54 Å². The van der Waals surface area contributed by atoms with Gasteiger partial charge in [-0.25, -0.2) is 4.79 Å². The molecule has 51 heavy (non-hydrogen) atoms. The second-order valence-electron chi connectivity index (χ2n) is 12.1. The Balaban J connectivity index is 0.000000908. The number of nitrogens with two attached hydrogens (primary N) is 4. The number of carbonyl (C=O) groups excluding carboxylic acids is 3. The lowest BCUT2D eigenvalue weighted by Crippen LogP contribution is -2.59. The number of nitrogens with zero attached hydrogens (tertiary/aromatic N) is 2. The van der Waals surface area contributed by atoms with Gasteiger partial charge in [-0.1, -0.05) is 78.9 Å². The summed E-state index contributed by atoms with van der Waals surface area (Å²) in [5.74, 6) is -4.22. The number of halogens is 3. The first-order chi connectivity index (χ1) is 23.9. The van der Waals surface area contributed by atoms with Gasteiger partial charge in [-0.3, -0.25) is 24.8 Å². The molecule has 1 aliphatic rings. The summed E-state index contributed by atoms with van der Waals surface area (Å²) in [6, 6.07) is 22.6. The molecule has 1 heterocycles. The third kappa shape index (κ3) is 10.8. The number of nitrogen functional groups attached to an aromatic ring is 1. The number of benzene rings is 3. The third-order valence-corrected chi connectivity index (χ3v) is 8.37. The summed E-state index contributed by atoms with van der Waals surface area (Å²) in [4.78, 5) is 55.4. The Hall–Kier alpha value is -5.93. The van der Waals surface area contributed by atoms with Crippen molar-refractivity contribution in [1.29, 1.82) is 5.41 Å². The van der Waals surface area contributed by atoms with E-state index in [1.807, 2.05) is 73.7 Å². The van der Waals surface area contributed by atoms with E-state index in [4.69, 9.17) is 38.2 Å². The van der Waals surface area contributed by atoms with Crippen LogP contribution in [0.15, 0.2) is 83.9 Å². The van der Waals surface area contributed by atoms with Crippen LogP contribution in [0.1, 0.15) is 47.6 Å². The van der Waals surface area contributed by atoms with Crippen molar-refractivity contribution in [1.82, 2.24) is 10.2 Å². The molecule has 0 bridgehead atoms. The Morgan fingerprint density at radius 3 is 2.04 bits per heavy atom. The number of fused-ring (bicyclic) bond motifs is 1. The lowest BCUT2D eigenvalue weighted by molar-refractivity contribution is -0.192. The molecule has 4 rings (SSSR count). The minimum atomic E-state index is -5.08. The van der Waals surface area contributed by atoms with Crippen LogP contribution in [-0.4, -0.2) is 70.3 Å². The number of rotatable bonds is 12. The first kappa shape index (κ1) is 39.5. The smallest absolute Gasteiger partial charge is 0.475 e. The van der Waals surface area contributed by atoms with Gasteiger partial charge in [0.1, 0.15) is 17.9 Å². The Labute approximate surface area is 292 Å². The van der Waals surface area contributed by atoms with Gasteiger partial charge in [0.05, 0.1) is 5.41 Å².